The molecule has 1 aromatic heterocycles. The first-order chi connectivity index (χ1) is 11.8. The fourth-order valence-electron chi connectivity index (χ4n) is 2.99. The number of imidazole rings is 1. The van der Waals surface area contributed by atoms with E-state index >= 15 is 0 Å². The first-order valence-corrected chi connectivity index (χ1v) is 8.76. The normalized spacial score (nSPS) is 11.5. The molecular weight excluding hydrogens is 312 g/mol. The van der Waals surface area contributed by atoms with E-state index < -0.39 is 0 Å². The van der Waals surface area contributed by atoms with Crippen molar-refractivity contribution in [2.45, 2.75) is 46.8 Å². The topological polar surface area (TPSA) is 36.3 Å². The summed E-state index contributed by atoms with van der Waals surface area (Å²) in [5.74, 6) is 2.71. The number of fused-ring (bicyclic) bond motifs is 1. The van der Waals surface area contributed by atoms with Crippen LogP contribution < -0.4 is 9.47 Å². The minimum Gasteiger partial charge on any atom is -0.491 e. The van der Waals surface area contributed by atoms with Gasteiger partial charge in [-0.2, -0.15) is 0 Å². The molecule has 0 fully saturated rings. The van der Waals surface area contributed by atoms with E-state index in [9.17, 15) is 0 Å². The van der Waals surface area contributed by atoms with E-state index in [-0.39, 0.29) is 12.2 Å². The van der Waals surface area contributed by atoms with E-state index in [1.807, 2.05) is 52.9 Å². The Morgan fingerprint density at radius 3 is 2.08 bits per heavy atom. The molecule has 0 aliphatic carbocycles. The Labute approximate surface area is 149 Å². The number of ether oxygens (including phenoxy) is 2. The quantitative estimate of drug-likeness (QED) is 0.647. The van der Waals surface area contributed by atoms with Crippen molar-refractivity contribution in [3.05, 3.63) is 42.0 Å². The molecule has 0 bridgehead atoms. The Hall–Kier alpha value is -2.49. The van der Waals surface area contributed by atoms with Crippen LogP contribution >= 0.6 is 0 Å². The van der Waals surface area contributed by atoms with Gasteiger partial charge in [0.05, 0.1) is 23.2 Å². The summed E-state index contributed by atoms with van der Waals surface area (Å²) < 4.78 is 13.7. The fourth-order valence-corrected chi connectivity index (χ4v) is 2.99. The Morgan fingerprint density at radius 2 is 1.48 bits per heavy atom. The molecule has 0 amide bonds. The monoisotopic (exact) mass is 338 g/mol. The summed E-state index contributed by atoms with van der Waals surface area (Å²) in [6, 6.07) is 12.2. The molecule has 0 saturated heterocycles. The lowest BCUT2D eigenvalue weighted by Gasteiger charge is -2.12. The summed E-state index contributed by atoms with van der Waals surface area (Å²) in [7, 11) is 2.04. The van der Waals surface area contributed by atoms with E-state index in [0.717, 1.165) is 39.5 Å². The van der Waals surface area contributed by atoms with E-state index in [1.54, 1.807) is 0 Å². The van der Waals surface area contributed by atoms with Crippen molar-refractivity contribution in [2.24, 2.45) is 7.05 Å². The number of hydrogen-bond acceptors (Lipinski definition) is 3. The number of benzene rings is 2. The van der Waals surface area contributed by atoms with Crippen LogP contribution in [-0.4, -0.2) is 21.8 Å². The van der Waals surface area contributed by atoms with Crippen LogP contribution in [0.3, 0.4) is 0 Å². The standard InChI is InChI=1S/C21H26N2O2/c1-13(2)24-16-7-9-18(15(5)11-16)21-22-19-10-8-17(25-14(3)4)12-20(19)23(21)6/h7-14H,1-6H3. The van der Waals surface area contributed by atoms with E-state index in [4.69, 9.17) is 14.5 Å². The van der Waals surface area contributed by atoms with E-state index in [2.05, 4.69) is 29.7 Å². The Kier molecular flexibility index (Phi) is 4.71. The predicted octanol–water partition coefficient (Wildman–Crippen LogP) is 5.12. The van der Waals surface area contributed by atoms with Gasteiger partial charge in [-0.3, -0.25) is 0 Å². The SMILES string of the molecule is Cc1cc(OC(C)C)ccc1-c1nc2ccc(OC(C)C)cc2n1C. The molecule has 0 saturated carbocycles. The molecule has 0 aliphatic heterocycles. The molecule has 0 radical (unpaired) electrons. The van der Waals surface area contributed by atoms with Gasteiger partial charge in [0.25, 0.3) is 0 Å². The lowest BCUT2D eigenvalue weighted by Crippen LogP contribution is -2.06. The molecule has 0 atom stereocenters. The molecule has 4 heteroatoms. The average molecular weight is 338 g/mol. The van der Waals surface area contributed by atoms with Gasteiger partial charge in [-0.05, 0) is 70.5 Å². The lowest BCUT2D eigenvalue weighted by atomic mass is 10.1. The molecule has 0 aliphatic rings. The number of aromatic nitrogens is 2. The maximum absolute atomic E-state index is 5.81. The average Bonchev–Trinajstić information content (AvgIpc) is 2.83. The van der Waals surface area contributed by atoms with Gasteiger partial charge < -0.3 is 14.0 Å². The van der Waals surface area contributed by atoms with Gasteiger partial charge in [-0.25, -0.2) is 4.98 Å². The van der Waals surface area contributed by atoms with Crippen molar-refractivity contribution in [2.75, 3.05) is 0 Å². The summed E-state index contributed by atoms with van der Waals surface area (Å²) in [5, 5.41) is 0. The number of nitrogens with zero attached hydrogens (tertiary/aromatic N) is 2. The maximum Gasteiger partial charge on any atom is 0.141 e. The van der Waals surface area contributed by atoms with Gasteiger partial charge in [-0.1, -0.05) is 0 Å². The highest BCUT2D eigenvalue weighted by Crippen LogP contribution is 2.30. The summed E-state index contributed by atoms with van der Waals surface area (Å²) in [6.07, 6.45) is 0.321. The van der Waals surface area contributed by atoms with Gasteiger partial charge >= 0.3 is 0 Å². The molecule has 3 aromatic rings. The van der Waals surface area contributed by atoms with Crippen molar-refractivity contribution in [1.29, 1.82) is 0 Å². The molecule has 4 nitrogen and oxygen atoms in total. The zero-order valence-electron chi connectivity index (χ0n) is 15.8. The highest BCUT2D eigenvalue weighted by atomic mass is 16.5. The lowest BCUT2D eigenvalue weighted by molar-refractivity contribution is 0.242. The van der Waals surface area contributed by atoms with Crippen LogP contribution in [0.1, 0.15) is 33.3 Å². The van der Waals surface area contributed by atoms with E-state index in [1.165, 1.54) is 0 Å². The van der Waals surface area contributed by atoms with Crippen LogP contribution in [0.5, 0.6) is 11.5 Å². The molecule has 1 heterocycles. The van der Waals surface area contributed by atoms with Crippen LogP contribution in [0.4, 0.5) is 0 Å². The van der Waals surface area contributed by atoms with E-state index in [0.29, 0.717) is 0 Å². The van der Waals surface area contributed by atoms with Crippen molar-refractivity contribution >= 4 is 11.0 Å². The second-order valence-electron chi connectivity index (χ2n) is 6.95. The predicted molar refractivity (Wildman–Crippen MR) is 102 cm³/mol. The number of rotatable bonds is 5. The highest BCUT2D eigenvalue weighted by Gasteiger charge is 2.14. The van der Waals surface area contributed by atoms with Gasteiger partial charge in [0.2, 0.25) is 0 Å². The maximum atomic E-state index is 5.81. The molecule has 0 N–H and O–H groups in total. The molecule has 3 rings (SSSR count). The first-order valence-electron chi connectivity index (χ1n) is 8.76. The second kappa shape index (κ2) is 6.79. The van der Waals surface area contributed by atoms with Crippen LogP contribution in [0, 0.1) is 6.92 Å². The van der Waals surface area contributed by atoms with Gasteiger partial charge in [-0.15, -0.1) is 0 Å². The fraction of sp³-hybridized carbons (Fsp3) is 0.381. The van der Waals surface area contributed by atoms with Crippen LogP contribution in [-0.2, 0) is 7.05 Å². The number of hydrogen-bond donors (Lipinski definition) is 0. The third-order valence-electron chi connectivity index (χ3n) is 4.03. The Morgan fingerprint density at radius 1 is 0.880 bits per heavy atom. The van der Waals surface area contributed by atoms with Gasteiger partial charge in [0.1, 0.15) is 17.3 Å². The number of aryl methyl sites for hydroxylation is 2. The highest BCUT2D eigenvalue weighted by molar-refractivity contribution is 5.82. The third-order valence-corrected chi connectivity index (χ3v) is 4.03. The van der Waals surface area contributed by atoms with Gasteiger partial charge in [0.15, 0.2) is 0 Å². The molecule has 132 valence electrons. The van der Waals surface area contributed by atoms with Crippen molar-refractivity contribution in [3.8, 4) is 22.9 Å². The Bertz CT molecular complexity index is 894. The minimum atomic E-state index is 0.154. The molecule has 2 aromatic carbocycles. The third kappa shape index (κ3) is 3.63. The zero-order valence-corrected chi connectivity index (χ0v) is 15.8. The zero-order chi connectivity index (χ0) is 18.1. The van der Waals surface area contributed by atoms with Crippen LogP contribution in [0.15, 0.2) is 36.4 Å². The minimum absolute atomic E-state index is 0.154. The molecule has 25 heavy (non-hydrogen) atoms. The van der Waals surface area contributed by atoms with Crippen LogP contribution in [0.2, 0.25) is 0 Å². The largest absolute Gasteiger partial charge is 0.491 e. The van der Waals surface area contributed by atoms with Crippen LogP contribution in [0.25, 0.3) is 22.4 Å². The van der Waals surface area contributed by atoms with Crippen molar-refractivity contribution in [1.82, 2.24) is 9.55 Å². The smallest absolute Gasteiger partial charge is 0.141 e. The first kappa shape index (κ1) is 17.3. The van der Waals surface area contributed by atoms with Crippen molar-refractivity contribution in [3.63, 3.8) is 0 Å². The summed E-state index contributed by atoms with van der Waals surface area (Å²) in [5.41, 5.74) is 4.29. The summed E-state index contributed by atoms with van der Waals surface area (Å²) in [6.45, 7) is 10.2. The Balaban J connectivity index is 2.02. The second-order valence-corrected chi connectivity index (χ2v) is 6.95. The molecule has 0 unspecified atom stereocenters. The van der Waals surface area contributed by atoms with Gasteiger partial charge in [0, 0.05) is 18.7 Å². The summed E-state index contributed by atoms with van der Waals surface area (Å²) in [4.78, 5) is 4.82. The summed E-state index contributed by atoms with van der Waals surface area (Å²) >= 11 is 0. The molecular formula is C21H26N2O2. The molecule has 0 spiro atoms. The van der Waals surface area contributed by atoms with Crippen molar-refractivity contribution < 1.29 is 9.47 Å².